The van der Waals surface area contributed by atoms with Gasteiger partial charge in [0.2, 0.25) is 0 Å². The van der Waals surface area contributed by atoms with Crippen LogP contribution in [0.4, 0.5) is 0 Å². The van der Waals surface area contributed by atoms with Gasteiger partial charge in [-0.25, -0.2) is 4.79 Å². The molecule has 0 aromatic rings. The monoisotopic (exact) mass is 579 g/mol. The molecule has 1 unspecified atom stereocenters. The number of nitrogens with zero attached hydrogens (tertiary/aromatic N) is 2. The molecular weight excluding hydrogens is 516 g/mol. The van der Waals surface area contributed by atoms with Crippen molar-refractivity contribution in [2.75, 3.05) is 45.8 Å². The van der Waals surface area contributed by atoms with Gasteiger partial charge in [-0.1, -0.05) is 53.7 Å². The third kappa shape index (κ3) is 4.01. The fourth-order valence-corrected chi connectivity index (χ4v) is 14.1. The SMILES string of the molecule is C=C(C)[C@@H]1CC[C@]2(C)CC[C@]3(C)[C@H](CCC4[C@@]5(C)CC[C@H](OC(=O)C[N+]67CCN(CC6)CC7)C(C)(C)[C@@H]5CC[C@]43C)[C@@H]12. The maximum absolute atomic E-state index is 13.5. The molecule has 4 heteroatoms. The van der Waals surface area contributed by atoms with E-state index >= 15 is 0 Å². The second-order valence-electron chi connectivity index (χ2n) is 18.7. The first kappa shape index (κ1) is 29.8. The van der Waals surface area contributed by atoms with Crippen molar-refractivity contribution < 1.29 is 14.0 Å². The van der Waals surface area contributed by atoms with Gasteiger partial charge in [-0.2, -0.15) is 0 Å². The quantitative estimate of drug-likeness (QED) is 0.194. The van der Waals surface area contributed by atoms with Gasteiger partial charge in [-0.05, 0) is 122 Å². The van der Waals surface area contributed by atoms with Crippen LogP contribution in [0.1, 0.15) is 113 Å². The minimum absolute atomic E-state index is 0.0317. The number of rotatable bonds is 4. The van der Waals surface area contributed by atoms with Crippen LogP contribution in [0.5, 0.6) is 0 Å². The molecule has 8 rings (SSSR count). The molecule has 8 aliphatic rings. The maximum Gasteiger partial charge on any atom is 0.362 e. The molecule has 0 N–H and O–H groups in total. The molecule has 5 aliphatic carbocycles. The predicted octanol–water partition coefficient (Wildman–Crippen LogP) is 7.72. The Balaban J connectivity index is 1.11. The summed E-state index contributed by atoms with van der Waals surface area (Å²) in [7, 11) is 0. The highest BCUT2D eigenvalue weighted by molar-refractivity contribution is 5.71. The lowest BCUT2D eigenvalue weighted by Gasteiger charge is -2.73. The average molecular weight is 580 g/mol. The normalized spacial score (nSPS) is 54.2. The molecule has 236 valence electrons. The molecular formula is C38H63N2O2+. The second kappa shape index (κ2) is 9.57. The van der Waals surface area contributed by atoms with E-state index in [0.717, 1.165) is 73.8 Å². The van der Waals surface area contributed by atoms with Crippen LogP contribution in [0.2, 0.25) is 0 Å². The molecule has 42 heavy (non-hydrogen) atoms. The van der Waals surface area contributed by atoms with E-state index in [1.165, 1.54) is 63.4 Å². The van der Waals surface area contributed by atoms with Gasteiger partial charge in [0.1, 0.15) is 6.10 Å². The molecule has 10 atom stereocenters. The largest absolute Gasteiger partial charge is 0.458 e. The first-order valence-electron chi connectivity index (χ1n) is 18.1. The summed E-state index contributed by atoms with van der Waals surface area (Å²) in [5.74, 6) is 3.89. The summed E-state index contributed by atoms with van der Waals surface area (Å²) < 4.78 is 7.50. The summed E-state index contributed by atoms with van der Waals surface area (Å²) in [6.07, 6.45) is 13.4. The van der Waals surface area contributed by atoms with E-state index < -0.39 is 0 Å². The van der Waals surface area contributed by atoms with Crippen LogP contribution in [-0.2, 0) is 9.53 Å². The van der Waals surface area contributed by atoms with Crippen LogP contribution < -0.4 is 0 Å². The lowest BCUT2D eigenvalue weighted by atomic mass is 9.32. The predicted molar refractivity (Wildman–Crippen MR) is 171 cm³/mol. The van der Waals surface area contributed by atoms with Crippen LogP contribution in [0.15, 0.2) is 12.2 Å². The van der Waals surface area contributed by atoms with Crippen LogP contribution in [-0.4, -0.2) is 67.3 Å². The van der Waals surface area contributed by atoms with Crippen molar-refractivity contribution in [3.05, 3.63) is 12.2 Å². The van der Waals surface area contributed by atoms with E-state index in [1.54, 1.807) is 0 Å². The van der Waals surface area contributed by atoms with E-state index in [0.29, 0.717) is 34.1 Å². The Labute approximate surface area is 258 Å². The third-order valence-corrected chi connectivity index (χ3v) is 16.8. The minimum atomic E-state index is 0.0317. The Morgan fingerprint density at radius 2 is 1.50 bits per heavy atom. The van der Waals surface area contributed by atoms with Crippen molar-refractivity contribution in [2.24, 2.45) is 56.7 Å². The zero-order valence-electron chi connectivity index (χ0n) is 28.4. The first-order valence-corrected chi connectivity index (χ1v) is 18.1. The number of hydrogen-bond donors (Lipinski definition) is 0. The Hall–Kier alpha value is -0.870. The second-order valence-corrected chi connectivity index (χ2v) is 18.7. The van der Waals surface area contributed by atoms with Crippen LogP contribution in [0.3, 0.4) is 0 Å². The van der Waals surface area contributed by atoms with Gasteiger partial charge in [0.05, 0.1) is 19.6 Å². The Morgan fingerprint density at radius 3 is 2.17 bits per heavy atom. The number of carbonyl (C=O) groups excluding carboxylic acids is 1. The average Bonchev–Trinajstić information content (AvgIpc) is 3.29. The zero-order chi connectivity index (χ0) is 29.9. The number of quaternary nitrogens is 1. The molecule has 4 nitrogen and oxygen atoms in total. The van der Waals surface area contributed by atoms with E-state index in [-0.39, 0.29) is 17.5 Å². The number of carbonyl (C=O) groups is 1. The molecule has 0 spiro atoms. The van der Waals surface area contributed by atoms with Crippen LogP contribution in [0.25, 0.3) is 0 Å². The van der Waals surface area contributed by atoms with Gasteiger partial charge in [0.25, 0.3) is 0 Å². The molecule has 0 amide bonds. The van der Waals surface area contributed by atoms with E-state index in [9.17, 15) is 4.79 Å². The van der Waals surface area contributed by atoms with Gasteiger partial charge in [0.15, 0.2) is 6.54 Å². The Bertz CT molecular complexity index is 1110. The van der Waals surface area contributed by atoms with E-state index in [4.69, 9.17) is 4.74 Å². The number of allylic oxidation sites excluding steroid dienone is 1. The van der Waals surface area contributed by atoms with Gasteiger partial charge < -0.3 is 9.22 Å². The summed E-state index contributed by atoms with van der Waals surface area (Å²) >= 11 is 0. The van der Waals surface area contributed by atoms with Gasteiger partial charge in [-0.3, -0.25) is 4.90 Å². The summed E-state index contributed by atoms with van der Waals surface area (Å²) in [5.41, 5.74) is 3.17. The topological polar surface area (TPSA) is 29.5 Å². The van der Waals surface area contributed by atoms with Crippen molar-refractivity contribution in [1.82, 2.24) is 4.90 Å². The molecule has 0 radical (unpaired) electrons. The smallest absolute Gasteiger partial charge is 0.362 e. The highest BCUT2D eigenvalue weighted by Crippen LogP contribution is 2.77. The van der Waals surface area contributed by atoms with Gasteiger partial charge in [0, 0.05) is 25.0 Å². The van der Waals surface area contributed by atoms with Crippen LogP contribution in [0, 0.1) is 56.7 Å². The number of hydrogen-bond acceptors (Lipinski definition) is 3. The lowest BCUT2D eigenvalue weighted by molar-refractivity contribution is -0.934. The third-order valence-electron chi connectivity index (χ3n) is 16.8. The van der Waals surface area contributed by atoms with E-state index in [2.05, 4.69) is 59.9 Å². The molecule has 0 aromatic carbocycles. The van der Waals surface area contributed by atoms with Gasteiger partial charge >= 0.3 is 5.97 Å². The standard InChI is InChI=1S/C38H63N2O2/c1-26(2)27-11-14-35(5)17-18-37(7)28(33(27)35)9-10-30-36(6)15-13-31(34(3,4)29(36)12-16-38(30,37)8)42-32(41)25-40-22-19-39(20-23-40)21-24-40/h27-31,33H,1,9-25H2,2-8H3/q+1/t27-,28+,29-,30?,31-,33+,35+,36-,37+,38+/m0/s1. The van der Waals surface area contributed by atoms with Crippen molar-refractivity contribution in [3.63, 3.8) is 0 Å². The fraction of sp³-hybridized carbons (Fsp3) is 0.921. The number of esters is 1. The molecule has 5 saturated carbocycles. The molecule has 3 saturated heterocycles. The van der Waals surface area contributed by atoms with Crippen molar-refractivity contribution in [2.45, 2.75) is 119 Å². The highest BCUT2D eigenvalue weighted by Gasteiger charge is 2.70. The summed E-state index contributed by atoms with van der Waals surface area (Å²) in [4.78, 5) is 16.1. The zero-order valence-corrected chi connectivity index (χ0v) is 28.4. The van der Waals surface area contributed by atoms with Crippen molar-refractivity contribution in [1.29, 1.82) is 0 Å². The molecule has 3 heterocycles. The van der Waals surface area contributed by atoms with Crippen molar-refractivity contribution in [3.8, 4) is 0 Å². The van der Waals surface area contributed by atoms with E-state index in [1.807, 2.05) is 0 Å². The number of piperazine rings is 3. The highest BCUT2D eigenvalue weighted by atomic mass is 16.5. The van der Waals surface area contributed by atoms with Gasteiger partial charge in [-0.15, -0.1) is 0 Å². The summed E-state index contributed by atoms with van der Waals surface area (Å²) in [5, 5.41) is 0. The van der Waals surface area contributed by atoms with Crippen molar-refractivity contribution >= 4 is 5.97 Å². The number of ether oxygens (including phenoxy) is 1. The summed E-state index contributed by atoms with van der Waals surface area (Å²) in [6.45, 7) is 30.0. The molecule has 3 aliphatic heterocycles. The first-order chi connectivity index (χ1) is 19.7. The minimum Gasteiger partial charge on any atom is -0.458 e. The maximum atomic E-state index is 13.5. The molecule has 0 aromatic heterocycles. The molecule has 2 bridgehead atoms. The lowest BCUT2D eigenvalue weighted by Crippen LogP contribution is -2.69. The fourth-order valence-electron chi connectivity index (χ4n) is 14.1. The van der Waals surface area contributed by atoms with Crippen LogP contribution >= 0.6 is 0 Å². The summed E-state index contributed by atoms with van der Waals surface area (Å²) in [6, 6.07) is 0. The molecule has 8 fully saturated rings. The number of fused-ring (bicyclic) bond motifs is 10. The Morgan fingerprint density at radius 1 is 0.810 bits per heavy atom. The Kier molecular flexibility index (Phi) is 6.79.